The molecule has 0 saturated carbocycles. The quantitative estimate of drug-likeness (QED) is 0.595. The minimum Gasteiger partial charge on any atom is -0.496 e. The van der Waals surface area contributed by atoms with Crippen molar-refractivity contribution in [3.63, 3.8) is 0 Å². The lowest BCUT2D eigenvalue weighted by Gasteiger charge is -2.18. The summed E-state index contributed by atoms with van der Waals surface area (Å²) in [6.45, 7) is 0.482. The molecular weight excluding hydrogens is 332 g/mol. The van der Waals surface area contributed by atoms with E-state index < -0.39 is 0 Å². The van der Waals surface area contributed by atoms with Gasteiger partial charge in [-0.25, -0.2) is 0 Å². The minimum absolute atomic E-state index is 0.00611. The second-order valence-electron chi connectivity index (χ2n) is 4.65. The third kappa shape index (κ3) is 4.74. The SMILES string of the molecule is COc1ccc(Br)cc1CC(COc1ccccc1)NN. The van der Waals surface area contributed by atoms with Crippen molar-refractivity contribution in [1.29, 1.82) is 0 Å². The fourth-order valence-corrected chi connectivity index (χ4v) is 2.46. The van der Waals surface area contributed by atoms with Gasteiger partial charge in [-0.2, -0.15) is 0 Å². The number of nitrogens with one attached hydrogen (secondary N) is 1. The van der Waals surface area contributed by atoms with E-state index in [1.54, 1.807) is 7.11 Å². The fraction of sp³-hybridized carbons (Fsp3) is 0.250. The van der Waals surface area contributed by atoms with Crippen LogP contribution in [0.1, 0.15) is 5.56 Å². The lowest BCUT2D eigenvalue weighted by Crippen LogP contribution is -2.41. The van der Waals surface area contributed by atoms with E-state index in [1.165, 1.54) is 0 Å². The van der Waals surface area contributed by atoms with Gasteiger partial charge in [0.2, 0.25) is 0 Å². The second kappa shape index (κ2) is 8.02. The molecule has 0 radical (unpaired) electrons. The van der Waals surface area contributed by atoms with E-state index in [2.05, 4.69) is 21.4 Å². The lowest BCUT2D eigenvalue weighted by molar-refractivity contribution is 0.263. The van der Waals surface area contributed by atoms with Gasteiger partial charge >= 0.3 is 0 Å². The van der Waals surface area contributed by atoms with Crippen LogP contribution in [0.4, 0.5) is 0 Å². The normalized spacial score (nSPS) is 12.0. The molecule has 21 heavy (non-hydrogen) atoms. The molecule has 0 heterocycles. The number of hydrazine groups is 1. The number of rotatable bonds is 7. The van der Waals surface area contributed by atoms with Crippen LogP contribution in [0.5, 0.6) is 11.5 Å². The Morgan fingerprint density at radius 1 is 1.19 bits per heavy atom. The summed E-state index contributed by atoms with van der Waals surface area (Å²) in [5.74, 6) is 7.31. The van der Waals surface area contributed by atoms with E-state index in [9.17, 15) is 0 Å². The highest BCUT2D eigenvalue weighted by Gasteiger charge is 2.13. The highest BCUT2D eigenvalue weighted by Crippen LogP contribution is 2.24. The van der Waals surface area contributed by atoms with Gasteiger partial charge < -0.3 is 9.47 Å². The summed E-state index contributed by atoms with van der Waals surface area (Å²) in [5, 5.41) is 0. The second-order valence-corrected chi connectivity index (χ2v) is 5.56. The maximum atomic E-state index is 5.74. The zero-order valence-corrected chi connectivity index (χ0v) is 13.5. The van der Waals surface area contributed by atoms with E-state index in [4.69, 9.17) is 15.3 Å². The standard InChI is InChI=1S/C16H19BrN2O2/c1-20-16-8-7-13(17)9-12(16)10-14(19-18)11-21-15-5-3-2-4-6-15/h2-9,14,19H,10-11,18H2,1H3. The van der Waals surface area contributed by atoms with E-state index in [1.807, 2.05) is 48.5 Å². The Morgan fingerprint density at radius 3 is 2.62 bits per heavy atom. The molecule has 0 spiro atoms. The Balaban J connectivity index is 2.00. The summed E-state index contributed by atoms with van der Waals surface area (Å²) in [4.78, 5) is 0. The number of ether oxygens (including phenoxy) is 2. The molecule has 2 aromatic rings. The molecule has 4 nitrogen and oxygen atoms in total. The summed E-state index contributed by atoms with van der Waals surface area (Å²) >= 11 is 3.47. The molecule has 112 valence electrons. The van der Waals surface area contributed by atoms with Crippen LogP contribution < -0.4 is 20.7 Å². The van der Waals surface area contributed by atoms with E-state index >= 15 is 0 Å². The highest BCUT2D eigenvalue weighted by molar-refractivity contribution is 9.10. The van der Waals surface area contributed by atoms with Crippen molar-refractivity contribution >= 4 is 15.9 Å². The van der Waals surface area contributed by atoms with Gasteiger partial charge in [0, 0.05) is 4.47 Å². The first-order chi connectivity index (χ1) is 10.2. The van der Waals surface area contributed by atoms with Gasteiger partial charge in [0.25, 0.3) is 0 Å². The van der Waals surface area contributed by atoms with Gasteiger partial charge in [0.05, 0.1) is 13.2 Å². The smallest absolute Gasteiger partial charge is 0.122 e. The molecule has 2 rings (SSSR count). The minimum atomic E-state index is -0.00611. The first-order valence-corrected chi connectivity index (χ1v) is 7.48. The van der Waals surface area contributed by atoms with Gasteiger partial charge in [0.1, 0.15) is 18.1 Å². The molecule has 1 atom stereocenters. The number of nitrogens with two attached hydrogens (primary N) is 1. The zero-order chi connectivity index (χ0) is 15.1. The Labute approximate surface area is 133 Å². The van der Waals surface area contributed by atoms with Crippen molar-refractivity contribution in [2.45, 2.75) is 12.5 Å². The van der Waals surface area contributed by atoms with Crippen molar-refractivity contribution in [1.82, 2.24) is 5.43 Å². The van der Waals surface area contributed by atoms with Gasteiger partial charge in [-0.3, -0.25) is 11.3 Å². The van der Waals surface area contributed by atoms with E-state index in [-0.39, 0.29) is 6.04 Å². The largest absolute Gasteiger partial charge is 0.496 e. The van der Waals surface area contributed by atoms with Gasteiger partial charge in [-0.1, -0.05) is 34.1 Å². The first-order valence-electron chi connectivity index (χ1n) is 6.69. The topological polar surface area (TPSA) is 56.5 Å². The number of hydrogen-bond donors (Lipinski definition) is 2. The van der Waals surface area contributed by atoms with Crippen molar-refractivity contribution in [3.8, 4) is 11.5 Å². The summed E-state index contributed by atoms with van der Waals surface area (Å²) in [5.41, 5.74) is 3.87. The predicted octanol–water partition coefficient (Wildman–Crippen LogP) is 2.91. The van der Waals surface area contributed by atoms with Crippen LogP contribution >= 0.6 is 15.9 Å². The molecular formula is C16H19BrN2O2. The summed E-state index contributed by atoms with van der Waals surface area (Å²) in [6.07, 6.45) is 0.714. The number of halogens is 1. The van der Waals surface area contributed by atoms with Gasteiger partial charge in [0.15, 0.2) is 0 Å². The Hall–Kier alpha value is -1.56. The predicted molar refractivity (Wildman–Crippen MR) is 87.4 cm³/mol. The van der Waals surface area contributed by atoms with Crippen LogP contribution in [0, 0.1) is 0 Å². The Morgan fingerprint density at radius 2 is 1.95 bits per heavy atom. The maximum absolute atomic E-state index is 5.74. The average molecular weight is 351 g/mol. The van der Waals surface area contributed by atoms with Crippen LogP contribution in [0.3, 0.4) is 0 Å². The van der Waals surface area contributed by atoms with E-state index in [0.29, 0.717) is 13.0 Å². The van der Waals surface area contributed by atoms with Crippen molar-refractivity contribution in [3.05, 3.63) is 58.6 Å². The molecule has 3 N–H and O–H groups in total. The third-order valence-corrected chi connectivity index (χ3v) is 3.63. The lowest BCUT2D eigenvalue weighted by atomic mass is 10.1. The molecule has 0 amide bonds. The average Bonchev–Trinajstić information content (AvgIpc) is 2.52. The highest BCUT2D eigenvalue weighted by atomic mass is 79.9. The van der Waals surface area contributed by atoms with Crippen LogP contribution in [0.15, 0.2) is 53.0 Å². The molecule has 1 unspecified atom stereocenters. The van der Waals surface area contributed by atoms with Gasteiger partial charge in [-0.05, 0) is 42.3 Å². The molecule has 0 aliphatic rings. The van der Waals surface area contributed by atoms with E-state index in [0.717, 1.165) is 21.5 Å². The van der Waals surface area contributed by atoms with Gasteiger partial charge in [-0.15, -0.1) is 0 Å². The molecule has 0 fully saturated rings. The van der Waals surface area contributed by atoms with Crippen molar-refractivity contribution < 1.29 is 9.47 Å². The van der Waals surface area contributed by atoms with Crippen LogP contribution in [-0.4, -0.2) is 19.8 Å². The Bertz CT molecular complexity index is 563. The van der Waals surface area contributed by atoms with Crippen LogP contribution in [0.25, 0.3) is 0 Å². The van der Waals surface area contributed by atoms with Crippen molar-refractivity contribution in [2.24, 2.45) is 5.84 Å². The fourth-order valence-electron chi connectivity index (χ4n) is 2.05. The molecule has 5 heteroatoms. The number of hydrogen-bond acceptors (Lipinski definition) is 4. The first kappa shape index (κ1) is 15.8. The van der Waals surface area contributed by atoms with Crippen LogP contribution in [0.2, 0.25) is 0 Å². The Kier molecular flexibility index (Phi) is 6.04. The zero-order valence-electron chi connectivity index (χ0n) is 11.9. The molecule has 0 saturated heterocycles. The molecule has 0 aliphatic heterocycles. The number of methoxy groups -OCH3 is 1. The van der Waals surface area contributed by atoms with Crippen LogP contribution in [-0.2, 0) is 6.42 Å². The molecule has 0 aromatic heterocycles. The number of para-hydroxylation sites is 1. The summed E-state index contributed by atoms with van der Waals surface area (Å²) < 4.78 is 12.1. The summed E-state index contributed by atoms with van der Waals surface area (Å²) in [6, 6.07) is 15.6. The molecule has 2 aromatic carbocycles. The molecule has 0 bridgehead atoms. The molecule has 0 aliphatic carbocycles. The maximum Gasteiger partial charge on any atom is 0.122 e. The third-order valence-electron chi connectivity index (χ3n) is 3.14. The number of benzene rings is 2. The summed E-state index contributed by atoms with van der Waals surface area (Å²) in [7, 11) is 1.66. The monoisotopic (exact) mass is 350 g/mol. The van der Waals surface area contributed by atoms with Crippen molar-refractivity contribution in [2.75, 3.05) is 13.7 Å².